The molecule has 2 N–H and O–H groups in total. The molecule has 0 aliphatic carbocycles. The van der Waals surface area contributed by atoms with E-state index >= 15 is 0 Å². The van der Waals surface area contributed by atoms with E-state index in [-0.39, 0.29) is 6.17 Å². The molecule has 0 spiro atoms. The maximum Gasteiger partial charge on any atom is 0.131 e. The average molecular weight is 511 g/mol. The second kappa shape index (κ2) is 11.0. The number of imidazole rings is 1. The normalized spacial score (nSPS) is 21.9. The minimum Gasteiger partial charge on any atom is -0.355 e. The van der Waals surface area contributed by atoms with Crippen LogP contribution in [0.4, 0.5) is 5.82 Å². The molecule has 36 heavy (non-hydrogen) atoms. The van der Waals surface area contributed by atoms with E-state index in [1.807, 2.05) is 19.1 Å². The van der Waals surface area contributed by atoms with Crippen LogP contribution in [0.15, 0.2) is 24.5 Å². The minimum atomic E-state index is 0.219. The van der Waals surface area contributed by atoms with E-state index in [2.05, 4.69) is 66.8 Å². The third-order valence-corrected chi connectivity index (χ3v) is 7.96. The number of halogens is 1. The fourth-order valence-corrected chi connectivity index (χ4v) is 5.95. The molecule has 5 rings (SSSR count). The Morgan fingerprint density at radius 1 is 1.08 bits per heavy atom. The number of hydrogen-bond acceptors (Lipinski definition) is 7. The molecular formula is C27H39ClN8. The Hall–Kier alpha value is -2.26. The summed E-state index contributed by atoms with van der Waals surface area (Å²) in [6.45, 7) is 16.8. The highest BCUT2D eigenvalue weighted by molar-refractivity contribution is 6.35. The van der Waals surface area contributed by atoms with Gasteiger partial charge in [0.15, 0.2) is 0 Å². The molecule has 2 saturated heterocycles. The van der Waals surface area contributed by atoms with Gasteiger partial charge in [0, 0.05) is 56.9 Å². The number of aromatic nitrogens is 4. The van der Waals surface area contributed by atoms with Crippen LogP contribution in [0.2, 0.25) is 5.02 Å². The number of piperazine rings is 1. The number of nitrogens with zero attached hydrogens (tertiary/aromatic N) is 6. The first-order valence-electron chi connectivity index (χ1n) is 13.4. The molecule has 2 aliphatic rings. The third kappa shape index (κ3) is 5.52. The van der Waals surface area contributed by atoms with Crippen LogP contribution in [0, 0.1) is 12.8 Å². The highest BCUT2D eigenvalue weighted by atomic mass is 35.5. The van der Waals surface area contributed by atoms with Crippen molar-refractivity contribution in [2.75, 3.05) is 51.1 Å². The second-order valence-corrected chi connectivity index (χ2v) is 10.9. The monoisotopic (exact) mass is 510 g/mol. The number of hydrogen-bond donors (Lipinski definition) is 2. The van der Waals surface area contributed by atoms with Gasteiger partial charge in [-0.1, -0.05) is 18.5 Å². The van der Waals surface area contributed by atoms with E-state index in [1.165, 1.54) is 45.7 Å². The van der Waals surface area contributed by atoms with Crippen LogP contribution in [0.25, 0.3) is 22.3 Å². The van der Waals surface area contributed by atoms with E-state index in [4.69, 9.17) is 11.6 Å². The quantitative estimate of drug-likeness (QED) is 0.487. The molecule has 0 bridgehead atoms. The highest BCUT2D eigenvalue weighted by Crippen LogP contribution is 2.32. The molecule has 0 saturated carbocycles. The summed E-state index contributed by atoms with van der Waals surface area (Å²) in [7, 11) is 0. The summed E-state index contributed by atoms with van der Waals surface area (Å²) in [5, 5.41) is 7.93. The maximum absolute atomic E-state index is 6.64. The van der Waals surface area contributed by atoms with Gasteiger partial charge < -0.3 is 19.7 Å². The van der Waals surface area contributed by atoms with Crippen LogP contribution in [0.1, 0.15) is 45.5 Å². The zero-order chi connectivity index (χ0) is 25.2. The smallest absolute Gasteiger partial charge is 0.131 e. The first-order chi connectivity index (χ1) is 17.4. The molecule has 2 aliphatic heterocycles. The Morgan fingerprint density at radius 3 is 2.56 bits per heavy atom. The van der Waals surface area contributed by atoms with Gasteiger partial charge in [0.25, 0.3) is 0 Å². The number of piperidine rings is 1. The maximum atomic E-state index is 6.64. The van der Waals surface area contributed by atoms with Gasteiger partial charge in [0.2, 0.25) is 0 Å². The van der Waals surface area contributed by atoms with Crippen LogP contribution >= 0.6 is 11.6 Å². The summed E-state index contributed by atoms with van der Waals surface area (Å²) in [4.78, 5) is 18.9. The van der Waals surface area contributed by atoms with Crippen molar-refractivity contribution in [3.05, 3.63) is 35.4 Å². The Kier molecular flexibility index (Phi) is 7.76. The summed E-state index contributed by atoms with van der Waals surface area (Å²) < 4.78 is 2.22. The van der Waals surface area contributed by atoms with E-state index in [9.17, 15) is 0 Å². The van der Waals surface area contributed by atoms with Crippen molar-refractivity contribution in [1.82, 2.24) is 34.6 Å². The number of rotatable bonds is 7. The van der Waals surface area contributed by atoms with E-state index < -0.39 is 0 Å². The molecule has 9 heteroatoms. The van der Waals surface area contributed by atoms with Gasteiger partial charge in [0.1, 0.15) is 23.5 Å². The van der Waals surface area contributed by atoms with Crippen molar-refractivity contribution in [1.29, 1.82) is 0 Å². The van der Waals surface area contributed by atoms with Gasteiger partial charge in [0.05, 0.1) is 22.4 Å². The zero-order valence-electron chi connectivity index (χ0n) is 22.0. The zero-order valence-corrected chi connectivity index (χ0v) is 22.7. The van der Waals surface area contributed by atoms with Gasteiger partial charge in [-0.25, -0.2) is 15.0 Å². The molecule has 1 aromatic carbocycles. The number of fused-ring (bicyclic) bond motifs is 1. The number of aryl methyl sites for hydroxylation is 1. The number of likely N-dealkylation sites (N-methyl/N-ethyl adjacent to an activating group) is 1. The lowest BCUT2D eigenvalue weighted by Crippen LogP contribution is -2.51. The van der Waals surface area contributed by atoms with Crippen LogP contribution in [0.5, 0.6) is 0 Å². The van der Waals surface area contributed by atoms with Gasteiger partial charge in [-0.3, -0.25) is 5.32 Å². The fraction of sp³-hybridized carbons (Fsp3) is 0.593. The molecule has 0 radical (unpaired) electrons. The van der Waals surface area contributed by atoms with E-state index in [0.29, 0.717) is 17.0 Å². The Labute approximate surface area is 219 Å². The van der Waals surface area contributed by atoms with Crippen molar-refractivity contribution in [3.8, 4) is 11.3 Å². The molecule has 2 atom stereocenters. The van der Waals surface area contributed by atoms with Gasteiger partial charge in [-0.2, -0.15) is 0 Å². The van der Waals surface area contributed by atoms with Crippen molar-refractivity contribution in [3.63, 3.8) is 0 Å². The molecule has 0 amide bonds. The van der Waals surface area contributed by atoms with Crippen molar-refractivity contribution in [2.45, 2.75) is 52.7 Å². The lowest BCUT2D eigenvalue weighted by atomic mass is 9.97. The molecule has 4 heterocycles. The van der Waals surface area contributed by atoms with Crippen molar-refractivity contribution in [2.24, 2.45) is 5.92 Å². The average Bonchev–Trinajstić information content (AvgIpc) is 3.22. The predicted molar refractivity (Wildman–Crippen MR) is 148 cm³/mol. The van der Waals surface area contributed by atoms with E-state index in [1.54, 1.807) is 6.33 Å². The number of nitrogens with one attached hydrogen (secondary N) is 2. The summed E-state index contributed by atoms with van der Waals surface area (Å²) >= 11 is 6.64. The van der Waals surface area contributed by atoms with Crippen LogP contribution < -0.4 is 10.6 Å². The molecule has 8 nitrogen and oxygen atoms in total. The molecule has 2 unspecified atom stereocenters. The van der Waals surface area contributed by atoms with Crippen molar-refractivity contribution >= 4 is 28.5 Å². The minimum absolute atomic E-state index is 0.219. The molecular weight excluding hydrogens is 472 g/mol. The Balaban J connectivity index is 1.22. The van der Waals surface area contributed by atoms with Crippen molar-refractivity contribution < 1.29 is 0 Å². The lowest BCUT2D eigenvalue weighted by molar-refractivity contribution is 0.113. The first kappa shape index (κ1) is 25.4. The first-order valence-corrected chi connectivity index (χ1v) is 13.7. The summed E-state index contributed by atoms with van der Waals surface area (Å²) in [5.41, 5.74) is 3.70. The standard InChI is InChI=1S/C27H39ClN8/c1-5-34-8-10-35(11-9-34)16-20-6-7-25(29-15-20)33-26-14-23(30-17-31-26)21-12-22(28)27-24(13-21)36(18(2)3)19(4)32-27/h12-14,17-18,20,25,29H,5-11,15-16H2,1-4H3,(H,30,31,33). The van der Waals surface area contributed by atoms with E-state index in [0.717, 1.165) is 46.9 Å². The predicted octanol–water partition coefficient (Wildman–Crippen LogP) is 4.41. The summed E-state index contributed by atoms with van der Waals surface area (Å²) in [6, 6.07) is 6.40. The molecule has 2 aromatic heterocycles. The SMILES string of the molecule is CCN1CCN(CC2CCC(Nc3cc(-c4cc(Cl)c5nc(C)n(C(C)C)c5c4)ncn3)NC2)CC1. The highest BCUT2D eigenvalue weighted by Gasteiger charge is 2.24. The topological polar surface area (TPSA) is 74.1 Å². The summed E-state index contributed by atoms with van der Waals surface area (Å²) in [6.07, 6.45) is 4.16. The largest absolute Gasteiger partial charge is 0.355 e. The van der Waals surface area contributed by atoms with Crippen LogP contribution in [-0.2, 0) is 0 Å². The molecule has 3 aromatic rings. The number of benzene rings is 1. The second-order valence-electron chi connectivity index (χ2n) is 10.5. The fourth-order valence-electron chi connectivity index (χ4n) is 5.69. The molecule has 2 fully saturated rings. The number of anilines is 1. The van der Waals surface area contributed by atoms with Gasteiger partial charge >= 0.3 is 0 Å². The Bertz CT molecular complexity index is 1180. The Morgan fingerprint density at radius 2 is 1.86 bits per heavy atom. The lowest BCUT2D eigenvalue weighted by Gasteiger charge is -2.38. The van der Waals surface area contributed by atoms with Crippen LogP contribution in [0.3, 0.4) is 0 Å². The summed E-state index contributed by atoms with van der Waals surface area (Å²) in [5.74, 6) is 2.51. The van der Waals surface area contributed by atoms with Gasteiger partial charge in [-0.15, -0.1) is 0 Å². The van der Waals surface area contributed by atoms with Gasteiger partial charge in [-0.05, 0) is 58.2 Å². The van der Waals surface area contributed by atoms with Crippen LogP contribution in [-0.4, -0.2) is 81.3 Å². The molecule has 194 valence electrons. The third-order valence-electron chi connectivity index (χ3n) is 7.67.